The van der Waals surface area contributed by atoms with Crippen LogP contribution in [-0.2, 0) is 19.1 Å². The van der Waals surface area contributed by atoms with Crippen LogP contribution in [-0.4, -0.2) is 40.6 Å². The van der Waals surface area contributed by atoms with Gasteiger partial charge in [0.05, 0.1) is 7.11 Å². The van der Waals surface area contributed by atoms with Gasteiger partial charge in [0.2, 0.25) is 0 Å². The lowest BCUT2D eigenvalue weighted by Gasteiger charge is -2.40. The number of ether oxygens (including phenoxy) is 1. The zero-order chi connectivity index (χ0) is 18.4. The first-order valence-electron chi connectivity index (χ1n) is 8.65. The first kappa shape index (κ1) is 20.8. The fourth-order valence-electron chi connectivity index (χ4n) is 3.56. The van der Waals surface area contributed by atoms with E-state index in [4.69, 9.17) is 0 Å². The van der Waals surface area contributed by atoms with Gasteiger partial charge in [0.25, 0.3) is 0 Å². The van der Waals surface area contributed by atoms with E-state index in [2.05, 4.69) is 4.74 Å². The average molecular weight is 342 g/mol. The highest BCUT2D eigenvalue weighted by molar-refractivity contribution is 5.89. The first-order valence-corrected chi connectivity index (χ1v) is 8.65. The molecule has 2 N–H and O–H groups in total. The Morgan fingerprint density at radius 3 is 2.50 bits per heavy atom. The molecule has 1 fully saturated rings. The van der Waals surface area contributed by atoms with Crippen LogP contribution in [0.15, 0.2) is 0 Å². The molecule has 0 aliphatic heterocycles. The zero-order valence-corrected chi connectivity index (χ0v) is 15.0. The summed E-state index contributed by atoms with van der Waals surface area (Å²) in [5.41, 5.74) is -0.697. The Labute approximate surface area is 143 Å². The summed E-state index contributed by atoms with van der Waals surface area (Å²) in [7, 11) is 1.32. The van der Waals surface area contributed by atoms with Gasteiger partial charge in [-0.2, -0.15) is 0 Å². The standard InChI is InChI=1S/C18H30O6/c1-13(19)8-10-18(12-11-17(2,22)23)9-4-5-14(16(18)21)6-7-15(20)24-3/h14,22-23H,4-12H2,1-3H3/t14-,18?/m1/s1. The molecule has 2 atom stereocenters. The molecular weight excluding hydrogens is 312 g/mol. The van der Waals surface area contributed by atoms with Crippen LogP contribution >= 0.6 is 0 Å². The third kappa shape index (κ3) is 6.32. The van der Waals surface area contributed by atoms with Gasteiger partial charge in [-0.3, -0.25) is 9.59 Å². The molecule has 6 nitrogen and oxygen atoms in total. The molecule has 0 bridgehead atoms. The molecule has 24 heavy (non-hydrogen) atoms. The molecule has 0 heterocycles. The number of esters is 1. The largest absolute Gasteiger partial charge is 0.469 e. The molecule has 0 spiro atoms. The molecular formula is C18H30O6. The van der Waals surface area contributed by atoms with Crippen LogP contribution in [0.3, 0.4) is 0 Å². The van der Waals surface area contributed by atoms with Gasteiger partial charge in [0.15, 0.2) is 5.79 Å². The van der Waals surface area contributed by atoms with Crippen LogP contribution in [0.2, 0.25) is 0 Å². The second kappa shape index (κ2) is 8.72. The molecule has 1 aliphatic carbocycles. The molecule has 0 aromatic heterocycles. The van der Waals surface area contributed by atoms with Crippen molar-refractivity contribution in [3.63, 3.8) is 0 Å². The monoisotopic (exact) mass is 342 g/mol. The second-order valence-corrected chi connectivity index (χ2v) is 7.27. The fourth-order valence-corrected chi connectivity index (χ4v) is 3.56. The molecule has 138 valence electrons. The van der Waals surface area contributed by atoms with Crippen molar-refractivity contribution in [1.29, 1.82) is 0 Å². The van der Waals surface area contributed by atoms with Crippen LogP contribution in [0.1, 0.15) is 71.6 Å². The lowest BCUT2D eigenvalue weighted by Crippen LogP contribution is -2.42. The minimum atomic E-state index is -1.83. The number of hydrogen-bond donors (Lipinski definition) is 2. The van der Waals surface area contributed by atoms with Crippen molar-refractivity contribution >= 4 is 17.5 Å². The zero-order valence-electron chi connectivity index (χ0n) is 15.0. The number of methoxy groups -OCH3 is 1. The van der Waals surface area contributed by atoms with Crippen molar-refractivity contribution in [2.24, 2.45) is 11.3 Å². The van der Waals surface area contributed by atoms with Crippen molar-refractivity contribution in [2.75, 3.05) is 7.11 Å². The van der Waals surface area contributed by atoms with Gasteiger partial charge in [0.1, 0.15) is 11.6 Å². The summed E-state index contributed by atoms with van der Waals surface area (Å²) in [4.78, 5) is 35.8. The predicted molar refractivity (Wildman–Crippen MR) is 88.0 cm³/mol. The van der Waals surface area contributed by atoms with Crippen LogP contribution in [0, 0.1) is 11.3 Å². The minimum Gasteiger partial charge on any atom is -0.469 e. The summed E-state index contributed by atoms with van der Waals surface area (Å²) >= 11 is 0. The van der Waals surface area contributed by atoms with Crippen LogP contribution in [0.5, 0.6) is 0 Å². The second-order valence-electron chi connectivity index (χ2n) is 7.27. The molecule has 0 aromatic rings. The van der Waals surface area contributed by atoms with Crippen LogP contribution in [0.4, 0.5) is 0 Å². The number of rotatable bonds is 9. The summed E-state index contributed by atoms with van der Waals surface area (Å²) < 4.78 is 4.64. The number of Topliss-reactive ketones (excluding diaryl/α,β-unsaturated/α-hetero) is 2. The van der Waals surface area contributed by atoms with Gasteiger partial charge in [-0.1, -0.05) is 6.42 Å². The number of ketones is 2. The maximum absolute atomic E-state index is 13.1. The minimum absolute atomic E-state index is 0.0228. The summed E-state index contributed by atoms with van der Waals surface area (Å²) in [6.07, 6.45) is 4.04. The average Bonchev–Trinajstić information content (AvgIpc) is 2.50. The highest BCUT2D eigenvalue weighted by Crippen LogP contribution is 2.45. The molecule has 1 aliphatic rings. The summed E-state index contributed by atoms with van der Waals surface area (Å²) in [6.45, 7) is 2.80. The Hall–Kier alpha value is -1.27. The fraction of sp³-hybridized carbons (Fsp3) is 0.833. The maximum Gasteiger partial charge on any atom is 0.305 e. The van der Waals surface area contributed by atoms with E-state index in [1.54, 1.807) is 0 Å². The van der Waals surface area contributed by atoms with Crippen molar-refractivity contribution < 1.29 is 29.3 Å². The number of carbonyl (C=O) groups is 3. The smallest absolute Gasteiger partial charge is 0.305 e. The van der Waals surface area contributed by atoms with Gasteiger partial charge in [-0.05, 0) is 46.0 Å². The van der Waals surface area contributed by atoms with Crippen LogP contribution in [0.25, 0.3) is 0 Å². The highest BCUT2D eigenvalue weighted by atomic mass is 16.5. The summed E-state index contributed by atoms with van der Waals surface area (Å²) in [5, 5.41) is 19.2. The lowest BCUT2D eigenvalue weighted by atomic mass is 9.62. The van der Waals surface area contributed by atoms with Gasteiger partial charge in [-0.25, -0.2) is 0 Å². The predicted octanol–water partition coefficient (Wildman–Crippen LogP) is 2.15. The van der Waals surface area contributed by atoms with E-state index in [1.807, 2.05) is 0 Å². The van der Waals surface area contributed by atoms with E-state index in [9.17, 15) is 24.6 Å². The van der Waals surface area contributed by atoms with Crippen LogP contribution < -0.4 is 0 Å². The topological polar surface area (TPSA) is 101 Å². The Balaban J connectivity index is 2.87. The van der Waals surface area contributed by atoms with E-state index in [0.717, 1.165) is 12.8 Å². The number of aliphatic hydroxyl groups is 2. The molecule has 0 radical (unpaired) electrons. The highest BCUT2D eigenvalue weighted by Gasteiger charge is 2.44. The lowest BCUT2D eigenvalue weighted by molar-refractivity contribution is -0.160. The van der Waals surface area contributed by atoms with Crippen molar-refractivity contribution in [1.82, 2.24) is 0 Å². The maximum atomic E-state index is 13.1. The van der Waals surface area contributed by atoms with Crippen molar-refractivity contribution in [3.05, 3.63) is 0 Å². The molecule has 1 saturated carbocycles. The summed E-state index contributed by atoms with van der Waals surface area (Å²) in [5.74, 6) is -2.31. The van der Waals surface area contributed by atoms with E-state index < -0.39 is 11.2 Å². The van der Waals surface area contributed by atoms with E-state index in [1.165, 1.54) is 21.0 Å². The third-order valence-electron chi connectivity index (χ3n) is 5.06. The van der Waals surface area contributed by atoms with Gasteiger partial charge in [-0.15, -0.1) is 0 Å². The van der Waals surface area contributed by atoms with Crippen molar-refractivity contribution in [2.45, 2.75) is 77.4 Å². The van der Waals surface area contributed by atoms with Gasteiger partial charge < -0.3 is 19.7 Å². The molecule has 0 aromatic carbocycles. The van der Waals surface area contributed by atoms with Gasteiger partial charge in [0, 0.05) is 30.6 Å². The third-order valence-corrected chi connectivity index (χ3v) is 5.06. The molecule has 1 unspecified atom stereocenters. The Morgan fingerprint density at radius 2 is 1.96 bits per heavy atom. The van der Waals surface area contributed by atoms with E-state index in [-0.39, 0.29) is 36.3 Å². The van der Waals surface area contributed by atoms with Crippen molar-refractivity contribution in [3.8, 4) is 0 Å². The first-order chi connectivity index (χ1) is 11.1. The molecule has 0 amide bonds. The molecule has 1 rings (SSSR count). The number of hydrogen-bond acceptors (Lipinski definition) is 6. The normalized spacial score (nSPS) is 24.7. The Bertz CT molecular complexity index is 465. The SMILES string of the molecule is COC(=O)CC[C@H]1CCCC(CCC(C)=O)(CCC(C)(O)O)C1=O. The van der Waals surface area contributed by atoms with E-state index in [0.29, 0.717) is 32.1 Å². The Morgan fingerprint density at radius 1 is 1.29 bits per heavy atom. The quantitative estimate of drug-likeness (QED) is 0.492. The number of carbonyl (C=O) groups excluding carboxylic acids is 3. The molecule has 0 saturated heterocycles. The summed E-state index contributed by atoms with van der Waals surface area (Å²) in [6, 6.07) is 0. The molecule has 6 heteroatoms. The van der Waals surface area contributed by atoms with E-state index >= 15 is 0 Å². The van der Waals surface area contributed by atoms with Gasteiger partial charge >= 0.3 is 5.97 Å². The Kier molecular flexibility index (Phi) is 7.55.